The van der Waals surface area contributed by atoms with Crippen molar-refractivity contribution >= 4 is 5.95 Å². The first-order valence-electron chi connectivity index (χ1n) is 6.83. The predicted molar refractivity (Wildman–Crippen MR) is 72.9 cm³/mol. The summed E-state index contributed by atoms with van der Waals surface area (Å²) in [5.74, 6) is 1.06. The Kier molecular flexibility index (Phi) is 4.24. The van der Waals surface area contributed by atoms with Crippen LogP contribution in [0.25, 0.3) is 0 Å². The minimum Gasteiger partial charge on any atom is -0.373 e. The molecule has 0 aromatic carbocycles. The SMILES string of the molecule is CCc1cn(CC)c(N2CCOC(C(C)N)C2)n1. The fourth-order valence-electron chi connectivity index (χ4n) is 2.29. The molecule has 0 aliphatic carbocycles. The number of imidazole rings is 1. The third-order valence-electron chi connectivity index (χ3n) is 3.47. The third-order valence-corrected chi connectivity index (χ3v) is 3.47. The second-order valence-electron chi connectivity index (χ2n) is 4.89. The highest BCUT2D eigenvalue weighted by Crippen LogP contribution is 2.19. The van der Waals surface area contributed by atoms with Crippen LogP contribution in [0.3, 0.4) is 0 Å². The number of aryl methyl sites for hydroxylation is 2. The van der Waals surface area contributed by atoms with E-state index in [4.69, 9.17) is 15.5 Å². The molecule has 1 aliphatic heterocycles. The Morgan fingerprint density at radius 1 is 1.56 bits per heavy atom. The molecule has 2 atom stereocenters. The van der Waals surface area contributed by atoms with Gasteiger partial charge in [-0.25, -0.2) is 4.98 Å². The Bertz CT molecular complexity index is 388. The molecular formula is C13H24N4O. The van der Waals surface area contributed by atoms with E-state index in [0.29, 0.717) is 0 Å². The highest BCUT2D eigenvalue weighted by atomic mass is 16.5. The van der Waals surface area contributed by atoms with E-state index in [9.17, 15) is 0 Å². The Balaban J connectivity index is 2.17. The number of hydrogen-bond donors (Lipinski definition) is 1. The summed E-state index contributed by atoms with van der Waals surface area (Å²) in [6, 6.07) is 0.0588. The molecule has 2 rings (SSSR count). The van der Waals surface area contributed by atoms with Crippen molar-refractivity contribution in [1.29, 1.82) is 0 Å². The molecule has 2 heterocycles. The van der Waals surface area contributed by atoms with E-state index in [0.717, 1.165) is 44.3 Å². The van der Waals surface area contributed by atoms with Gasteiger partial charge in [0.25, 0.3) is 0 Å². The van der Waals surface area contributed by atoms with Crippen LogP contribution in [0, 0.1) is 0 Å². The molecule has 0 saturated carbocycles. The molecule has 0 spiro atoms. The fraction of sp³-hybridized carbons (Fsp3) is 0.769. The van der Waals surface area contributed by atoms with E-state index < -0.39 is 0 Å². The second kappa shape index (κ2) is 5.71. The average molecular weight is 252 g/mol. The topological polar surface area (TPSA) is 56.3 Å². The van der Waals surface area contributed by atoms with E-state index in [2.05, 4.69) is 29.5 Å². The molecule has 0 bridgehead atoms. The molecule has 1 aromatic heterocycles. The molecule has 5 heteroatoms. The normalized spacial score (nSPS) is 22.2. The first-order chi connectivity index (χ1) is 8.65. The predicted octanol–water partition coefficient (Wildman–Crippen LogP) is 1.02. The summed E-state index contributed by atoms with van der Waals surface area (Å²) in [6.07, 6.45) is 3.22. The van der Waals surface area contributed by atoms with Crippen molar-refractivity contribution in [2.24, 2.45) is 5.73 Å². The quantitative estimate of drug-likeness (QED) is 0.869. The molecule has 2 N–H and O–H groups in total. The Hall–Kier alpha value is -1.07. The first kappa shape index (κ1) is 13.4. The Morgan fingerprint density at radius 3 is 2.94 bits per heavy atom. The second-order valence-corrected chi connectivity index (χ2v) is 4.89. The van der Waals surface area contributed by atoms with Crippen molar-refractivity contribution < 1.29 is 4.74 Å². The molecule has 1 aromatic rings. The van der Waals surface area contributed by atoms with Crippen LogP contribution in [0.15, 0.2) is 6.20 Å². The number of aromatic nitrogens is 2. The third kappa shape index (κ3) is 2.67. The van der Waals surface area contributed by atoms with E-state index in [1.165, 1.54) is 0 Å². The highest BCUT2D eigenvalue weighted by molar-refractivity contribution is 5.34. The van der Waals surface area contributed by atoms with Crippen LogP contribution in [-0.4, -0.2) is 41.4 Å². The van der Waals surface area contributed by atoms with Gasteiger partial charge in [0.1, 0.15) is 0 Å². The molecular weight excluding hydrogens is 228 g/mol. The van der Waals surface area contributed by atoms with Crippen LogP contribution >= 0.6 is 0 Å². The lowest BCUT2D eigenvalue weighted by Gasteiger charge is -2.35. The van der Waals surface area contributed by atoms with Crippen LogP contribution in [0.2, 0.25) is 0 Å². The fourth-order valence-corrected chi connectivity index (χ4v) is 2.29. The summed E-state index contributed by atoms with van der Waals surface area (Å²) in [5, 5.41) is 0. The molecule has 0 radical (unpaired) electrons. The van der Waals surface area contributed by atoms with E-state index in [1.807, 2.05) is 6.92 Å². The van der Waals surface area contributed by atoms with E-state index in [1.54, 1.807) is 0 Å². The molecule has 1 aliphatic rings. The van der Waals surface area contributed by atoms with Crippen molar-refractivity contribution in [3.8, 4) is 0 Å². The molecule has 0 amide bonds. The largest absolute Gasteiger partial charge is 0.373 e. The van der Waals surface area contributed by atoms with Gasteiger partial charge in [-0.1, -0.05) is 6.92 Å². The minimum atomic E-state index is 0.0588. The summed E-state index contributed by atoms with van der Waals surface area (Å²) < 4.78 is 7.90. The number of rotatable bonds is 4. The number of ether oxygens (including phenoxy) is 1. The Morgan fingerprint density at radius 2 is 2.33 bits per heavy atom. The van der Waals surface area contributed by atoms with E-state index in [-0.39, 0.29) is 12.1 Å². The van der Waals surface area contributed by atoms with Gasteiger partial charge < -0.3 is 19.9 Å². The van der Waals surface area contributed by atoms with Gasteiger partial charge in [-0.05, 0) is 20.3 Å². The minimum absolute atomic E-state index is 0.0588. The van der Waals surface area contributed by atoms with Gasteiger partial charge in [0.15, 0.2) is 0 Å². The van der Waals surface area contributed by atoms with Crippen LogP contribution in [0.1, 0.15) is 26.5 Å². The molecule has 2 unspecified atom stereocenters. The van der Waals surface area contributed by atoms with Crippen molar-refractivity contribution in [2.75, 3.05) is 24.6 Å². The van der Waals surface area contributed by atoms with Crippen molar-refractivity contribution in [1.82, 2.24) is 9.55 Å². The van der Waals surface area contributed by atoms with Gasteiger partial charge in [-0.2, -0.15) is 0 Å². The first-order valence-corrected chi connectivity index (χ1v) is 6.83. The van der Waals surface area contributed by atoms with Crippen molar-refractivity contribution in [3.05, 3.63) is 11.9 Å². The molecule has 1 fully saturated rings. The van der Waals surface area contributed by atoms with Gasteiger partial charge >= 0.3 is 0 Å². The van der Waals surface area contributed by atoms with Crippen LogP contribution in [0.4, 0.5) is 5.95 Å². The zero-order valence-corrected chi connectivity index (χ0v) is 11.6. The van der Waals surface area contributed by atoms with Crippen LogP contribution in [-0.2, 0) is 17.7 Å². The molecule has 1 saturated heterocycles. The monoisotopic (exact) mass is 252 g/mol. The molecule has 5 nitrogen and oxygen atoms in total. The summed E-state index contributed by atoms with van der Waals surface area (Å²) in [4.78, 5) is 7.00. The van der Waals surface area contributed by atoms with Crippen LogP contribution in [0.5, 0.6) is 0 Å². The summed E-state index contributed by atoms with van der Waals surface area (Å²) in [6.45, 7) is 9.68. The smallest absolute Gasteiger partial charge is 0.205 e. The number of anilines is 1. The lowest BCUT2D eigenvalue weighted by atomic mass is 10.1. The number of hydrogen-bond acceptors (Lipinski definition) is 4. The summed E-state index contributed by atoms with van der Waals surface area (Å²) in [7, 11) is 0. The number of nitrogens with two attached hydrogens (primary N) is 1. The highest BCUT2D eigenvalue weighted by Gasteiger charge is 2.26. The maximum atomic E-state index is 5.93. The Labute approximate surface area is 109 Å². The van der Waals surface area contributed by atoms with Crippen molar-refractivity contribution in [2.45, 2.75) is 45.9 Å². The molecule has 18 heavy (non-hydrogen) atoms. The van der Waals surface area contributed by atoms with Crippen LogP contribution < -0.4 is 10.6 Å². The van der Waals surface area contributed by atoms with Gasteiger partial charge in [0, 0.05) is 31.9 Å². The lowest BCUT2D eigenvalue weighted by molar-refractivity contribution is 0.0269. The standard InChI is InChI=1S/C13H24N4O/c1-4-11-8-16(5-2)13(15-11)17-6-7-18-12(9-17)10(3)14/h8,10,12H,4-7,9,14H2,1-3H3. The maximum Gasteiger partial charge on any atom is 0.205 e. The summed E-state index contributed by atoms with van der Waals surface area (Å²) >= 11 is 0. The van der Waals surface area contributed by atoms with Gasteiger partial charge in [0.2, 0.25) is 5.95 Å². The van der Waals surface area contributed by atoms with E-state index >= 15 is 0 Å². The zero-order valence-electron chi connectivity index (χ0n) is 11.6. The van der Waals surface area contributed by atoms with Gasteiger partial charge in [-0.3, -0.25) is 0 Å². The molecule has 102 valence electrons. The zero-order chi connectivity index (χ0) is 13.1. The lowest BCUT2D eigenvalue weighted by Crippen LogP contribution is -2.50. The van der Waals surface area contributed by atoms with Crippen molar-refractivity contribution in [3.63, 3.8) is 0 Å². The summed E-state index contributed by atoms with van der Waals surface area (Å²) in [5.41, 5.74) is 7.08. The van der Waals surface area contributed by atoms with Gasteiger partial charge in [0.05, 0.1) is 18.4 Å². The van der Waals surface area contributed by atoms with Gasteiger partial charge in [-0.15, -0.1) is 0 Å². The number of morpholine rings is 1. The maximum absolute atomic E-state index is 5.93. The average Bonchev–Trinajstić information content (AvgIpc) is 2.82. The number of nitrogens with zero attached hydrogens (tertiary/aromatic N) is 3.